The van der Waals surface area contributed by atoms with Gasteiger partial charge in [0.25, 0.3) is 0 Å². The van der Waals surface area contributed by atoms with Gasteiger partial charge in [0.05, 0.1) is 42.0 Å². The van der Waals surface area contributed by atoms with Crippen LogP contribution in [0.1, 0.15) is 108 Å². The Balaban J connectivity index is 1.87. The fourth-order valence-corrected chi connectivity index (χ4v) is 10.9. The van der Waals surface area contributed by atoms with Crippen LogP contribution in [0, 0.1) is 23.6 Å². The molecular formula is C47H82FN3O14S. The van der Waals surface area contributed by atoms with Crippen molar-refractivity contribution in [2.24, 2.45) is 17.8 Å². The zero-order valence-electron chi connectivity index (χ0n) is 41.6. The van der Waals surface area contributed by atoms with Gasteiger partial charge in [-0.15, -0.1) is 0 Å². The van der Waals surface area contributed by atoms with Gasteiger partial charge in [-0.1, -0.05) is 27.7 Å². The molecule has 3 aliphatic heterocycles. The van der Waals surface area contributed by atoms with E-state index < -0.39 is 128 Å². The lowest BCUT2D eigenvalue weighted by Crippen LogP contribution is -2.70. The maximum absolute atomic E-state index is 14.8. The number of aliphatic hydroxyl groups excluding tert-OH is 1. The molecular weight excluding hydrogens is 882 g/mol. The summed E-state index contributed by atoms with van der Waals surface area (Å²) < 4.78 is 85.3. The van der Waals surface area contributed by atoms with Crippen LogP contribution in [0.25, 0.3) is 0 Å². The maximum Gasteiger partial charge on any atom is 0.311 e. The molecule has 1 aromatic rings. The molecule has 10 unspecified atom stereocenters. The van der Waals surface area contributed by atoms with Crippen LogP contribution in [0.15, 0.2) is 23.1 Å². The monoisotopic (exact) mass is 964 g/mol. The van der Waals surface area contributed by atoms with Crippen LogP contribution < -0.4 is 20.7 Å². The number of carbonyl (C=O) groups is 1. The summed E-state index contributed by atoms with van der Waals surface area (Å²) in [6.45, 7) is 20.3. The maximum atomic E-state index is 14.8. The molecule has 19 heteroatoms. The number of hydrogen-bond acceptors (Lipinski definition) is 17. The Hall–Kier alpha value is -2.11. The zero-order chi connectivity index (χ0) is 49.7. The summed E-state index contributed by atoms with van der Waals surface area (Å²) in [5, 5.41) is 58.1. The molecule has 7 N–H and O–H groups in total. The van der Waals surface area contributed by atoms with Crippen LogP contribution in [0.5, 0.6) is 5.75 Å². The molecule has 3 saturated heterocycles. The minimum Gasteiger partial charge on any atom is -0.483 e. The number of ether oxygens (including phenoxy) is 7. The van der Waals surface area contributed by atoms with Crippen molar-refractivity contribution < 1.29 is 71.2 Å². The van der Waals surface area contributed by atoms with Crippen molar-refractivity contribution in [1.29, 1.82) is 0 Å². The first-order chi connectivity index (χ1) is 30.6. The van der Waals surface area contributed by atoms with Crippen molar-refractivity contribution in [2.75, 3.05) is 40.0 Å². The summed E-state index contributed by atoms with van der Waals surface area (Å²) in [6.07, 6.45) is -6.90. The van der Waals surface area contributed by atoms with Crippen LogP contribution in [0.3, 0.4) is 0 Å². The molecule has 0 amide bonds. The average Bonchev–Trinajstić information content (AvgIpc) is 3.24. The fourth-order valence-electron chi connectivity index (χ4n) is 10.1. The van der Waals surface area contributed by atoms with E-state index in [1.54, 1.807) is 55.5 Å². The number of hydrogen-bond donors (Lipinski definition) is 7. The molecule has 3 fully saturated rings. The molecule has 0 saturated carbocycles. The van der Waals surface area contributed by atoms with E-state index in [4.69, 9.17) is 33.2 Å². The van der Waals surface area contributed by atoms with Gasteiger partial charge in [0, 0.05) is 44.4 Å². The van der Waals surface area contributed by atoms with E-state index in [0.29, 0.717) is 19.5 Å². The Kier molecular flexibility index (Phi) is 19.5. The van der Waals surface area contributed by atoms with Crippen LogP contribution in [0.2, 0.25) is 0 Å². The number of sulfone groups is 1. The number of aliphatic hydroxyl groups is 4. The molecule has 0 aliphatic carbocycles. The molecule has 18 atom stereocenters. The van der Waals surface area contributed by atoms with Crippen molar-refractivity contribution in [1.82, 2.24) is 16.0 Å². The number of cyclic esters (lactones) is 1. The second-order valence-electron chi connectivity index (χ2n) is 20.0. The predicted octanol–water partition coefficient (Wildman–Crippen LogP) is 3.22. The summed E-state index contributed by atoms with van der Waals surface area (Å²) in [7, 11) is -0.734. The number of methoxy groups -OCH3 is 1. The largest absolute Gasteiger partial charge is 0.483 e. The molecule has 3 heterocycles. The number of likely N-dealkylation sites (N-methyl/N-ethyl adjacent to an activating group) is 1. The van der Waals surface area contributed by atoms with Gasteiger partial charge in [-0.2, -0.15) is 0 Å². The lowest BCUT2D eigenvalue weighted by Gasteiger charge is -2.53. The van der Waals surface area contributed by atoms with Gasteiger partial charge in [0.1, 0.15) is 45.5 Å². The van der Waals surface area contributed by atoms with E-state index in [1.165, 1.54) is 20.1 Å². The summed E-state index contributed by atoms with van der Waals surface area (Å²) in [5.74, 6) is -3.94. The van der Waals surface area contributed by atoms with Gasteiger partial charge in [-0.05, 0) is 112 Å². The van der Waals surface area contributed by atoms with E-state index in [-0.39, 0.29) is 37.5 Å². The summed E-state index contributed by atoms with van der Waals surface area (Å²) in [5.41, 5.74) is -6.28. The first-order valence-corrected chi connectivity index (χ1v) is 25.5. The van der Waals surface area contributed by atoms with E-state index in [0.717, 1.165) is 24.8 Å². The predicted molar refractivity (Wildman–Crippen MR) is 245 cm³/mol. The Bertz CT molecular complexity index is 1850. The van der Waals surface area contributed by atoms with Crippen molar-refractivity contribution in [3.63, 3.8) is 0 Å². The Morgan fingerprint density at radius 1 is 0.985 bits per heavy atom. The topological polar surface area (TPSA) is 233 Å². The highest BCUT2D eigenvalue weighted by atomic mass is 32.2. The number of carbonyl (C=O) groups excluding carboxylic acids is 1. The van der Waals surface area contributed by atoms with Gasteiger partial charge >= 0.3 is 5.97 Å². The van der Waals surface area contributed by atoms with E-state index >= 15 is 0 Å². The van der Waals surface area contributed by atoms with E-state index in [9.17, 15) is 38.0 Å². The second kappa shape index (κ2) is 22.8. The van der Waals surface area contributed by atoms with Crippen molar-refractivity contribution in [2.45, 2.75) is 203 Å². The summed E-state index contributed by atoms with van der Waals surface area (Å²) >= 11 is 0. The third kappa shape index (κ3) is 12.8. The molecule has 0 spiro atoms. The van der Waals surface area contributed by atoms with Crippen LogP contribution >= 0.6 is 0 Å². The van der Waals surface area contributed by atoms with Crippen LogP contribution in [-0.2, 0) is 43.1 Å². The van der Waals surface area contributed by atoms with Gasteiger partial charge in [-0.3, -0.25) is 4.79 Å². The molecule has 1 aromatic carbocycles. The number of rotatable bonds is 14. The van der Waals surface area contributed by atoms with Gasteiger partial charge < -0.3 is 69.5 Å². The van der Waals surface area contributed by atoms with Crippen molar-refractivity contribution >= 4 is 15.8 Å². The quantitative estimate of drug-likeness (QED) is 0.105. The summed E-state index contributed by atoms with van der Waals surface area (Å²) in [4.78, 5) is 14.0. The van der Waals surface area contributed by atoms with Crippen molar-refractivity contribution in [3.05, 3.63) is 24.0 Å². The highest BCUT2D eigenvalue weighted by Gasteiger charge is 2.58. The summed E-state index contributed by atoms with van der Waals surface area (Å²) in [6, 6.07) is 2.34. The Morgan fingerprint density at radius 3 is 2.24 bits per heavy atom. The third-order valence-electron chi connectivity index (χ3n) is 14.3. The second-order valence-corrected chi connectivity index (χ2v) is 22.0. The van der Waals surface area contributed by atoms with E-state index in [1.807, 2.05) is 20.8 Å². The SMILES string of the molecule is CCCNC[C@]1(O)[C@H](C)O[C@@H](OC2C(C)C(=O)OC(CC)C(C)(O)C(O)C(C)NCC(C)CC(C)(O)C(O[C@@H]3O[C@H](C)C[C@H](NC)[C@H]3Oc3ccc(F)c(S(C)(=O)=O)c3)C2C)C[C@@]1(C)OC. The van der Waals surface area contributed by atoms with Gasteiger partial charge in [-0.25, -0.2) is 12.8 Å². The zero-order valence-corrected chi connectivity index (χ0v) is 42.4. The molecule has 0 radical (unpaired) electrons. The highest BCUT2D eigenvalue weighted by Crippen LogP contribution is 2.43. The molecule has 382 valence electrons. The van der Waals surface area contributed by atoms with Gasteiger partial charge in [0.2, 0.25) is 0 Å². The lowest BCUT2D eigenvalue weighted by molar-refractivity contribution is -0.335. The van der Waals surface area contributed by atoms with Crippen LogP contribution in [0.4, 0.5) is 4.39 Å². The minimum atomic E-state index is -3.97. The first kappa shape index (κ1) is 56.5. The molecule has 0 aromatic heterocycles. The number of esters is 1. The minimum absolute atomic E-state index is 0.0281. The third-order valence-corrected chi connectivity index (χ3v) is 15.4. The molecule has 4 rings (SSSR count). The van der Waals surface area contributed by atoms with Crippen molar-refractivity contribution in [3.8, 4) is 5.75 Å². The number of benzene rings is 1. The standard InChI is InChI=1S/C47H82FN3O14S/c1-15-19-50-25-47(56)31(8)61-37(23-45(47,10)59-13)64-38-28(5)41(44(9,54)22-26(3)24-51-30(7)40(52)46(11,55)36(16-2)63-42(53)29(38)6)65-43-39(34(49-12)20-27(4)60-43)62-32-17-18-33(48)35(21-32)66(14,57)58/h17-18,21,26-31,34,36-41,43,49-52,54-56H,15-16,19-20,22-25H2,1-14H3/t26?,27-,28?,29?,30?,31+,34+,36?,37+,38?,39-,40?,41?,43+,44?,45-,46?,47+/m1/s1. The van der Waals surface area contributed by atoms with Gasteiger partial charge in [0.15, 0.2) is 28.5 Å². The highest BCUT2D eigenvalue weighted by molar-refractivity contribution is 7.90. The van der Waals surface area contributed by atoms with E-state index in [2.05, 4.69) is 16.0 Å². The first-order valence-electron chi connectivity index (χ1n) is 23.6. The molecule has 17 nitrogen and oxygen atoms in total. The Labute approximate surface area is 392 Å². The molecule has 0 bridgehead atoms. The smallest absolute Gasteiger partial charge is 0.311 e. The average molecular weight is 964 g/mol. The lowest BCUT2D eigenvalue weighted by atomic mass is 9.75. The number of halogens is 1. The number of nitrogens with one attached hydrogen (secondary N) is 3. The fraction of sp³-hybridized carbons (Fsp3) is 0.851. The Morgan fingerprint density at radius 2 is 1.65 bits per heavy atom. The normalized spacial score (nSPS) is 42.5. The molecule has 3 aliphatic rings. The molecule has 66 heavy (non-hydrogen) atoms. The van der Waals surface area contributed by atoms with Crippen LogP contribution in [-0.4, -0.2) is 165 Å².